The van der Waals surface area contributed by atoms with Crippen LogP contribution in [0.3, 0.4) is 0 Å². The Bertz CT molecular complexity index is 288. The Balaban J connectivity index is 2.73. The summed E-state index contributed by atoms with van der Waals surface area (Å²) in [4.78, 5) is 0. The van der Waals surface area contributed by atoms with Crippen molar-refractivity contribution in [2.75, 3.05) is 26.8 Å². The number of nitrogens with zero attached hydrogens (tertiary/aromatic N) is 1. The summed E-state index contributed by atoms with van der Waals surface area (Å²) in [6, 6.07) is 0. The van der Waals surface area contributed by atoms with Crippen LogP contribution in [0.15, 0.2) is 11.6 Å². The second kappa shape index (κ2) is 5.15. The zero-order valence-corrected chi connectivity index (χ0v) is 10.8. The molecule has 15 heavy (non-hydrogen) atoms. The fourth-order valence-electron chi connectivity index (χ4n) is 1.62. The van der Waals surface area contributed by atoms with Gasteiger partial charge in [0.05, 0.1) is 19.0 Å². The average Bonchev–Trinajstić information content (AvgIpc) is 2.44. The van der Waals surface area contributed by atoms with E-state index in [2.05, 4.69) is 13.8 Å². The molecule has 1 rings (SSSR count). The molecule has 0 fully saturated rings. The molecule has 0 spiro atoms. The first kappa shape index (κ1) is 12.8. The van der Waals surface area contributed by atoms with Crippen molar-refractivity contribution < 1.29 is 13.8 Å². The van der Waals surface area contributed by atoms with Gasteiger partial charge in [-0.05, 0) is 12.8 Å². The maximum absolute atomic E-state index is 12.3. The standard InChI is InChI=1S/C10H20NO3P/c1-5-14-10-7-11(6-9(2)3)15(12,8-10)13-4/h8-9H,5-7H2,1-4H3. The molecule has 88 valence electrons. The van der Waals surface area contributed by atoms with Crippen molar-refractivity contribution in [2.24, 2.45) is 5.92 Å². The van der Waals surface area contributed by atoms with Crippen LogP contribution in [-0.2, 0) is 13.8 Å². The van der Waals surface area contributed by atoms with Crippen molar-refractivity contribution in [3.05, 3.63) is 11.6 Å². The van der Waals surface area contributed by atoms with Crippen LogP contribution in [0.1, 0.15) is 20.8 Å². The Morgan fingerprint density at radius 3 is 2.73 bits per heavy atom. The fraction of sp³-hybridized carbons (Fsp3) is 0.800. The van der Waals surface area contributed by atoms with Crippen LogP contribution in [-0.4, -0.2) is 31.5 Å². The van der Waals surface area contributed by atoms with Gasteiger partial charge in [0.2, 0.25) is 0 Å². The number of hydrogen-bond donors (Lipinski definition) is 0. The summed E-state index contributed by atoms with van der Waals surface area (Å²) in [5.41, 5.74) is 0. The lowest BCUT2D eigenvalue weighted by atomic mass is 10.2. The zero-order valence-electron chi connectivity index (χ0n) is 9.90. The SMILES string of the molecule is CCOC1=CP(=O)(OC)N(CC(C)C)C1. The summed E-state index contributed by atoms with van der Waals surface area (Å²) in [5.74, 6) is 2.87. The molecule has 0 aromatic rings. The van der Waals surface area contributed by atoms with E-state index < -0.39 is 7.52 Å². The first-order chi connectivity index (χ1) is 7.01. The van der Waals surface area contributed by atoms with Gasteiger partial charge in [0.1, 0.15) is 5.76 Å². The minimum absolute atomic E-state index is 0.461. The van der Waals surface area contributed by atoms with Crippen LogP contribution in [0.4, 0.5) is 0 Å². The summed E-state index contributed by atoms with van der Waals surface area (Å²) in [6.07, 6.45) is 0. The quantitative estimate of drug-likeness (QED) is 0.684. The van der Waals surface area contributed by atoms with Gasteiger partial charge in [0.25, 0.3) is 7.52 Å². The van der Waals surface area contributed by atoms with E-state index in [9.17, 15) is 4.57 Å². The topological polar surface area (TPSA) is 38.8 Å². The zero-order chi connectivity index (χ0) is 11.5. The van der Waals surface area contributed by atoms with Crippen molar-refractivity contribution in [3.63, 3.8) is 0 Å². The van der Waals surface area contributed by atoms with Gasteiger partial charge in [0, 0.05) is 13.7 Å². The molecule has 0 aromatic carbocycles. The summed E-state index contributed by atoms with van der Waals surface area (Å²) in [5, 5.41) is 0. The molecule has 1 unspecified atom stereocenters. The third-order valence-electron chi connectivity index (χ3n) is 2.21. The van der Waals surface area contributed by atoms with E-state index in [1.807, 2.05) is 11.6 Å². The highest BCUT2D eigenvalue weighted by Crippen LogP contribution is 2.56. The molecule has 0 aromatic heterocycles. The monoisotopic (exact) mass is 233 g/mol. The van der Waals surface area contributed by atoms with E-state index in [1.165, 1.54) is 7.11 Å². The molecule has 0 radical (unpaired) electrons. The molecule has 0 bridgehead atoms. The van der Waals surface area contributed by atoms with E-state index in [-0.39, 0.29) is 0 Å². The Morgan fingerprint density at radius 2 is 2.27 bits per heavy atom. The van der Waals surface area contributed by atoms with E-state index in [1.54, 1.807) is 5.82 Å². The Morgan fingerprint density at radius 1 is 1.60 bits per heavy atom. The smallest absolute Gasteiger partial charge is 0.298 e. The molecule has 1 heterocycles. The first-order valence-electron chi connectivity index (χ1n) is 5.27. The van der Waals surface area contributed by atoms with Gasteiger partial charge >= 0.3 is 0 Å². The first-order valence-corrected chi connectivity index (χ1v) is 6.92. The van der Waals surface area contributed by atoms with Gasteiger partial charge in [-0.15, -0.1) is 0 Å². The predicted molar refractivity (Wildman–Crippen MR) is 60.7 cm³/mol. The number of hydrogen-bond acceptors (Lipinski definition) is 3. The van der Waals surface area contributed by atoms with Gasteiger partial charge in [-0.1, -0.05) is 13.8 Å². The van der Waals surface area contributed by atoms with Crippen molar-refractivity contribution in [3.8, 4) is 0 Å². The minimum atomic E-state index is -2.75. The largest absolute Gasteiger partial charge is 0.497 e. The van der Waals surface area contributed by atoms with Crippen LogP contribution in [0.25, 0.3) is 0 Å². The highest BCUT2D eigenvalue weighted by molar-refractivity contribution is 7.60. The highest BCUT2D eigenvalue weighted by Gasteiger charge is 2.36. The second-order valence-corrected chi connectivity index (χ2v) is 6.33. The lowest BCUT2D eigenvalue weighted by Crippen LogP contribution is -2.23. The van der Waals surface area contributed by atoms with Gasteiger partial charge in [-0.25, -0.2) is 4.67 Å². The van der Waals surface area contributed by atoms with Crippen LogP contribution < -0.4 is 0 Å². The van der Waals surface area contributed by atoms with Crippen molar-refractivity contribution in [1.29, 1.82) is 0 Å². The molecular weight excluding hydrogens is 213 g/mol. The van der Waals surface area contributed by atoms with Crippen LogP contribution in [0.2, 0.25) is 0 Å². The van der Waals surface area contributed by atoms with Gasteiger partial charge < -0.3 is 9.26 Å². The molecule has 1 atom stereocenters. The fourth-order valence-corrected chi connectivity index (χ4v) is 3.53. The predicted octanol–water partition coefficient (Wildman–Crippen LogP) is 2.68. The molecular formula is C10H20NO3P. The van der Waals surface area contributed by atoms with E-state index in [4.69, 9.17) is 9.26 Å². The average molecular weight is 233 g/mol. The molecule has 5 heteroatoms. The third kappa shape index (κ3) is 3.07. The number of rotatable bonds is 5. The van der Waals surface area contributed by atoms with E-state index in [0.29, 0.717) is 19.1 Å². The molecule has 1 aliphatic heterocycles. The van der Waals surface area contributed by atoms with Crippen LogP contribution >= 0.6 is 7.52 Å². The maximum atomic E-state index is 12.3. The highest BCUT2D eigenvalue weighted by atomic mass is 31.2. The maximum Gasteiger partial charge on any atom is 0.298 e. The molecule has 4 nitrogen and oxygen atoms in total. The summed E-state index contributed by atoms with van der Waals surface area (Å²) < 4.78 is 24.6. The van der Waals surface area contributed by atoms with Crippen LogP contribution in [0, 0.1) is 5.92 Å². The molecule has 0 saturated carbocycles. The second-order valence-electron chi connectivity index (χ2n) is 4.02. The van der Waals surface area contributed by atoms with E-state index >= 15 is 0 Å². The van der Waals surface area contributed by atoms with Crippen LogP contribution in [0.5, 0.6) is 0 Å². The molecule has 0 N–H and O–H groups in total. The van der Waals surface area contributed by atoms with Gasteiger partial charge in [-0.2, -0.15) is 0 Å². The van der Waals surface area contributed by atoms with Gasteiger partial charge in [0.15, 0.2) is 0 Å². The Labute approximate surface area is 91.7 Å². The summed E-state index contributed by atoms with van der Waals surface area (Å²) >= 11 is 0. The van der Waals surface area contributed by atoms with Gasteiger partial charge in [-0.3, -0.25) is 4.57 Å². The molecule has 1 aliphatic rings. The Hall–Kier alpha value is -0.310. The Kier molecular flexibility index (Phi) is 4.38. The van der Waals surface area contributed by atoms with E-state index in [0.717, 1.165) is 12.3 Å². The molecule has 0 aliphatic carbocycles. The lowest BCUT2D eigenvalue weighted by molar-refractivity contribution is 0.207. The lowest BCUT2D eigenvalue weighted by Gasteiger charge is -2.23. The molecule has 0 amide bonds. The summed E-state index contributed by atoms with van der Waals surface area (Å²) in [7, 11) is -1.27. The summed E-state index contributed by atoms with van der Waals surface area (Å²) in [6.45, 7) is 8.07. The molecule has 0 saturated heterocycles. The van der Waals surface area contributed by atoms with Crippen molar-refractivity contribution in [1.82, 2.24) is 4.67 Å². The normalized spacial score (nSPS) is 27.1. The van der Waals surface area contributed by atoms with Crippen molar-refractivity contribution in [2.45, 2.75) is 20.8 Å². The third-order valence-corrected chi connectivity index (χ3v) is 4.44. The van der Waals surface area contributed by atoms with Crippen molar-refractivity contribution >= 4 is 7.52 Å². The number of ether oxygens (including phenoxy) is 1. The minimum Gasteiger partial charge on any atom is -0.497 e.